The minimum absolute atomic E-state index is 0.192. The fourth-order valence-corrected chi connectivity index (χ4v) is 5.42. The second kappa shape index (κ2) is 17.5. The number of aliphatic hydroxyl groups is 1. The molecular weight excluding hydrogens is 614 g/mol. The van der Waals surface area contributed by atoms with Crippen molar-refractivity contribution < 1.29 is 33.7 Å². The van der Waals surface area contributed by atoms with Gasteiger partial charge in [0, 0.05) is 62.0 Å². The summed E-state index contributed by atoms with van der Waals surface area (Å²) in [7, 11) is 3.29. The normalized spacial score (nSPS) is 19.6. The molecule has 4 rings (SSSR count). The summed E-state index contributed by atoms with van der Waals surface area (Å²) in [5.41, 5.74) is 1.76. The molecule has 1 aromatic heterocycles. The number of aromatic nitrogens is 1. The molecule has 1 aliphatic heterocycles. The Morgan fingerprint density at radius 3 is 2.46 bits per heavy atom. The Kier molecular flexibility index (Phi) is 13.2. The maximum atomic E-state index is 14.3. The van der Waals surface area contributed by atoms with Crippen molar-refractivity contribution in [3.8, 4) is 11.5 Å². The molecule has 0 spiro atoms. The zero-order valence-electron chi connectivity index (χ0n) is 28.3. The van der Waals surface area contributed by atoms with E-state index in [1.165, 1.54) is 12.4 Å². The van der Waals surface area contributed by atoms with Gasteiger partial charge in [-0.15, -0.1) is 0 Å². The Labute approximate surface area is 282 Å². The van der Waals surface area contributed by atoms with Crippen molar-refractivity contribution in [2.45, 2.75) is 58.3 Å². The Bertz CT molecular complexity index is 1500. The summed E-state index contributed by atoms with van der Waals surface area (Å²) in [6.45, 7) is 6.43. The van der Waals surface area contributed by atoms with Gasteiger partial charge < -0.3 is 39.8 Å². The Balaban J connectivity index is 1.58. The van der Waals surface area contributed by atoms with Crippen LogP contribution in [0.4, 0.5) is 16.2 Å². The van der Waals surface area contributed by atoms with E-state index in [1.54, 1.807) is 85.5 Å². The summed E-state index contributed by atoms with van der Waals surface area (Å²) >= 11 is 0. The summed E-state index contributed by atoms with van der Waals surface area (Å²) in [5, 5.41) is 16.0. The molecule has 0 aliphatic carbocycles. The molecule has 1 aliphatic rings. The number of urea groups is 1. The van der Waals surface area contributed by atoms with Gasteiger partial charge in [0.1, 0.15) is 11.5 Å². The summed E-state index contributed by atoms with van der Waals surface area (Å²) in [6.07, 6.45) is 4.85. The van der Waals surface area contributed by atoms with Gasteiger partial charge in [-0.3, -0.25) is 14.6 Å². The van der Waals surface area contributed by atoms with Crippen LogP contribution in [0.25, 0.3) is 0 Å². The van der Waals surface area contributed by atoms with Crippen LogP contribution in [-0.2, 0) is 4.74 Å². The van der Waals surface area contributed by atoms with Crippen LogP contribution in [0.3, 0.4) is 0 Å². The van der Waals surface area contributed by atoms with E-state index in [0.29, 0.717) is 35.0 Å². The standard InChI is InChI=1S/C36H47N5O7/c1-24-21-41(25(2)23-42)35(44)31-20-29(38-34(43)27-15-17-37-18-16-27)11-14-32(31)48-26(3)8-6-7-19-47-33(24)22-40(4)36(45)39-28-9-12-30(46-5)13-10-28/h9-18,20,24-26,33,42H,6-8,19,21-23H2,1-5H3,(H,38,43)(H,39,45)/t24-,25-,26-,33-/m0/s1. The number of hydrogen-bond acceptors (Lipinski definition) is 8. The minimum Gasteiger partial charge on any atom is -0.497 e. The van der Waals surface area contributed by atoms with E-state index in [9.17, 15) is 19.5 Å². The maximum absolute atomic E-state index is 14.3. The maximum Gasteiger partial charge on any atom is 0.321 e. The number of carbonyl (C=O) groups excluding carboxylic acids is 3. The van der Waals surface area contributed by atoms with Gasteiger partial charge in [-0.1, -0.05) is 6.92 Å². The molecule has 4 amide bonds. The Hall–Kier alpha value is -4.68. The lowest BCUT2D eigenvalue weighted by Gasteiger charge is -2.35. The molecule has 0 unspecified atom stereocenters. The summed E-state index contributed by atoms with van der Waals surface area (Å²) in [5.74, 6) is 0.173. The number of nitrogens with zero attached hydrogens (tertiary/aromatic N) is 3. The smallest absolute Gasteiger partial charge is 0.321 e. The lowest BCUT2D eigenvalue weighted by atomic mass is 10.0. The summed E-state index contributed by atoms with van der Waals surface area (Å²) in [4.78, 5) is 47.5. The third kappa shape index (κ3) is 9.91. The van der Waals surface area contributed by atoms with Crippen molar-refractivity contribution >= 4 is 29.2 Å². The van der Waals surface area contributed by atoms with E-state index in [2.05, 4.69) is 15.6 Å². The van der Waals surface area contributed by atoms with Gasteiger partial charge in [-0.05, 0) is 87.7 Å². The van der Waals surface area contributed by atoms with Gasteiger partial charge in [0.2, 0.25) is 0 Å². The van der Waals surface area contributed by atoms with Crippen LogP contribution in [-0.4, -0.2) is 96.4 Å². The minimum atomic E-state index is -0.537. The second-order valence-corrected chi connectivity index (χ2v) is 12.2. The predicted octanol–water partition coefficient (Wildman–Crippen LogP) is 5.30. The van der Waals surface area contributed by atoms with Crippen LogP contribution in [0.5, 0.6) is 11.5 Å². The number of nitrogens with one attached hydrogen (secondary N) is 2. The molecule has 0 fully saturated rings. The lowest BCUT2D eigenvalue weighted by Crippen LogP contribution is -2.48. The first kappa shape index (κ1) is 36.2. The average molecular weight is 662 g/mol. The lowest BCUT2D eigenvalue weighted by molar-refractivity contribution is -0.0115. The van der Waals surface area contributed by atoms with Crippen molar-refractivity contribution in [1.29, 1.82) is 0 Å². The van der Waals surface area contributed by atoms with E-state index in [1.807, 2.05) is 13.8 Å². The third-order valence-corrected chi connectivity index (χ3v) is 8.39. The van der Waals surface area contributed by atoms with Gasteiger partial charge in [-0.25, -0.2) is 4.79 Å². The molecule has 2 aromatic carbocycles. The highest BCUT2D eigenvalue weighted by Gasteiger charge is 2.31. The molecule has 48 heavy (non-hydrogen) atoms. The van der Waals surface area contributed by atoms with Crippen LogP contribution in [0.2, 0.25) is 0 Å². The van der Waals surface area contributed by atoms with E-state index in [-0.39, 0.29) is 55.1 Å². The molecule has 12 heteroatoms. The van der Waals surface area contributed by atoms with Gasteiger partial charge in [0.15, 0.2) is 0 Å². The van der Waals surface area contributed by atoms with E-state index in [4.69, 9.17) is 14.2 Å². The molecule has 0 bridgehead atoms. The quantitative estimate of drug-likeness (QED) is 0.295. The number of anilines is 2. The van der Waals surface area contributed by atoms with Crippen LogP contribution < -0.4 is 20.1 Å². The first-order valence-electron chi connectivity index (χ1n) is 16.3. The van der Waals surface area contributed by atoms with Gasteiger partial charge in [0.05, 0.1) is 37.5 Å². The van der Waals surface area contributed by atoms with Crippen LogP contribution in [0.1, 0.15) is 60.7 Å². The highest BCUT2D eigenvalue weighted by Crippen LogP contribution is 2.29. The number of hydrogen-bond donors (Lipinski definition) is 3. The SMILES string of the molecule is COc1ccc(NC(=O)N(C)C[C@@H]2OCCCC[C@H](C)Oc3ccc(NC(=O)c4ccncc4)cc3C(=O)N([C@@H](C)CO)C[C@@H]2C)cc1. The zero-order chi connectivity index (χ0) is 34.6. The number of fused-ring (bicyclic) bond motifs is 1. The van der Waals surface area contributed by atoms with Gasteiger partial charge in [0.25, 0.3) is 11.8 Å². The largest absolute Gasteiger partial charge is 0.497 e. The molecule has 12 nitrogen and oxygen atoms in total. The number of methoxy groups -OCH3 is 1. The second-order valence-electron chi connectivity index (χ2n) is 12.2. The monoisotopic (exact) mass is 661 g/mol. The molecule has 0 saturated carbocycles. The number of pyridine rings is 1. The number of carbonyl (C=O) groups is 3. The van der Waals surface area contributed by atoms with Gasteiger partial charge in [-0.2, -0.15) is 0 Å². The first-order valence-corrected chi connectivity index (χ1v) is 16.3. The highest BCUT2D eigenvalue weighted by atomic mass is 16.5. The van der Waals surface area contributed by atoms with Gasteiger partial charge >= 0.3 is 6.03 Å². The molecule has 0 radical (unpaired) electrons. The van der Waals surface area contributed by atoms with E-state index < -0.39 is 12.1 Å². The summed E-state index contributed by atoms with van der Waals surface area (Å²) in [6, 6.07) is 14.5. The fraction of sp³-hybridized carbons (Fsp3) is 0.444. The van der Waals surface area contributed by atoms with E-state index in [0.717, 1.165) is 19.3 Å². The first-order chi connectivity index (χ1) is 23.1. The van der Waals surface area contributed by atoms with Crippen LogP contribution in [0, 0.1) is 5.92 Å². The molecule has 4 atom stereocenters. The highest BCUT2D eigenvalue weighted by molar-refractivity contribution is 6.05. The molecule has 258 valence electrons. The zero-order valence-corrected chi connectivity index (χ0v) is 28.3. The number of ether oxygens (including phenoxy) is 3. The number of rotatable bonds is 8. The van der Waals surface area contributed by atoms with Crippen LogP contribution >= 0.6 is 0 Å². The number of likely N-dealkylation sites (N-methyl/N-ethyl adjacent to an activating group) is 1. The average Bonchev–Trinajstić information content (AvgIpc) is 3.10. The van der Waals surface area contributed by atoms with Crippen molar-refractivity contribution in [3.63, 3.8) is 0 Å². The van der Waals surface area contributed by atoms with E-state index >= 15 is 0 Å². The van der Waals surface area contributed by atoms with Crippen molar-refractivity contribution in [1.82, 2.24) is 14.8 Å². The van der Waals surface area contributed by atoms with Crippen molar-refractivity contribution in [3.05, 3.63) is 78.1 Å². The number of amides is 4. The molecular formula is C36H47N5O7. The third-order valence-electron chi connectivity index (χ3n) is 8.39. The van der Waals surface area contributed by atoms with Crippen LogP contribution in [0.15, 0.2) is 67.0 Å². The van der Waals surface area contributed by atoms with Crippen molar-refractivity contribution in [2.75, 3.05) is 51.1 Å². The Morgan fingerprint density at radius 1 is 1.06 bits per heavy atom. The fourth-order valence-electron chi connectivity index (χ4n) is 5.42. The number of aliphatic hydroxyl groups excluding tert-OH is 1. The molecule has 3 N–H and O–H groups in total. The topological polar surface area (TPSA) is 143 Å². The predicted molar refractivity (Wildman–Crippen MR) is 184 cm³/mol. The Morgan fingerprint density at radius 2 is 1.77 bits per heavy atom. The molecule has 0 saturated heterocycles. The summed E-state index contributed by atoms with van der Waals surface area (Å²) < 4.78 is 17.9. The molecule has 2 heterocycles. The van der Waals surface area contributed by atoms with Crippen molar-refractivity contribution in [2.24, 2.45) is 5.92 Å². The number of benzene rings is 2. The molecule has 3 aromatic rings.